The van der Waals surface area contributed by atoms with E-state index in [0.29, 0.717) is 17.3 Å². The van der Waals surface area contributed by atoms with Gasteiger partial charge in [-0.3, -0.25) is 10.1 Å². The van der Waals surface area contributed by atoms with Gasteiger partial charge in [-0.05, 0) is 29.3 Å². The molecule has 6 heteroatoms. The lowest BCUT2D eigenvalue weighted by Gasteiger charge is -2.05. The molecule has 2 N–H and O–H groups in total. The van der Waals surface area contributed by atoms with Gasteiger partial charge in [0.15, 0.2) is 0 Å². The Labute approximate surface area is 126 Å². The lowest BCUT2D eigenvalue weighted by Crippen LogP contribution is -1.95. The standard InChI is InChI=1S/C14H13ClN2O2S/c15-14-7-12(17(18)19)4-3-11(14)9-20-13-5-1-10(8-16)2-6-13/h1-7H,8-9,16H2. The third kappa shape index (κ3) is 3.72. The molecule has 0 saturated heterocycles. The minimum absolute atomic E-state index is 0.0102. The molecule has 0 aliphatic heterocycles. The van der Waals surface area contributed by atoms with Gasteiger partial charge in [0.1, 0.15) is 0 Å². The average molecular weight is 309 g/mol. The van der Waals surface area contributed by atoms with Gasteiger partial charge in [-0.2, -0.15) is 0 Å². The first-order valence-electron chi connectivity index (χ1n) is 5.95. The third-order valence-electron chi connectivity index (χ3n) is 2.80. The molecule has 0 atom stereocenters. The molecule has 104 valence electrons. The Morgan fingerprint density at radius 3 is 2.45 bits per heavy atom. The number of hydrogen-bond acceptors (Lipinski definition) is 4. The van der Waals surface area contributed by atoms with Crippen LogP contribution in [0.15, 0.2) is 47.4 Å². The molecule has 0 spiro atoms. The summed E-state index contributed by atoms with van der Waals surface area (Å²) in [7, 11) is 0. The number of nitrogens with two attached hydrogens (primary N) is 1. The highest BCUT2D eigenvalue weighted by Crippen LogP contribution is 2.29. The lowest BCUT2D eigenvalue weighted by molar-refractivity contribution is -0.384. The van der Waals surface area contributed by atoms with Crippen molar-refractivity contribution in [3.8, 4) is 0 Å². The molecule has 2 rings (SSSR count). The van der Waals surface area contributed by atoms with Gasteiger partial charge in [0.05, 0.1) is 9.95 Å². The number of non-ortho nitro benzene ring substituents is 1. The number of halogens is 1. The zero-order valence-corrected chi connectivity index (χ0v) is 12.2. The summed E-state index contributed by atoms with van der Waals surface area (Å²) < 4.78 is 0. The Bertz CT molecular complexity index is 617. The molecule has 20 heavy (non-hydrogen) atoms. The van der Waals surface area contributed by atoms with Crippen LogP contribution in [0, 0.1) is 10.1 Å². The summed E-state index contributed by atoms with van der Waals surface area (Å²) in [5.74, 6) is 0.665. The van der Waals surface area contributed by atoms with Gasteiger partial charge in [-0.15, -0.1) is 11.8 Å². The van der Waals surface area contributed by atoms with Crippen LogP contribution in [0.1, 0.15) is 11.1 Å². The van der Waals surface area contributed by atoms with Crippen molar-refractivity contribution in [2.45, 2.75) is 17.2 Å². The topological polar surface area (TPSA) is 69.2 Å². The maximum atomic E-state index is 10.6. The molecule has 0 radical (unpaired) electrons. The molecular weight excluding hydrogens is 296 g/mol. The van der Waals surface area contributed by atoms with Gasteiger partial charge in [0.2, 0.25) is 0 Å². The summed E-state index contributed by atoms with van der Waals surface area (Å²) in [5.41, 5.74) is 7.52. The predicted octanol–water partition coefficient (Wildman–Crippen LogP) is 4.00. The van der Waals surface area contributed by atoms with Crippen LogP contribution in [-0.4, -0.2) is 4.92 Å². The van der Waals surface area contributed by atoms with E-state index in [1.807, 2.05) is 24.3 Å². The molecule has 4 nitrogen and oxygen atoms in total. The highest BCUT2D eigenvalue weighted by Gasteiger charge is 2.09. The molecule has 2 aromatic rings. The quantitative estimate of drug-likeness (QED) is 0.515. The summed E-state index contributed by atoms with van der Waals surface area (Å²) in [6.45, 7) is 0.527. The first kappa shape index (κ1) is 14.8. The molecule has 0 unspecified atom stereocenters. The molecule has 2 aromatic carbocycles. The van der Waals surface area contributed by atoms with Gasteiger partial charge in [0, 0.05) is 29.3 Å². The fraction of sp³-hybridized carbons (Fsp3) is 0.143. The lowest BCUT2D eigenvalue weighted by atomic mass is 10.2. The van der Waals surface area contributed by atoms with Crippen molar-refractivity contribution in [2.24, 2.45) is 5.73 Å². The van der Waals surface area contributed by atoms with Gasteiger partial charge >= 0.3 is 0 Å². The largest absolute Gasteiger partial charge is 0.326 e. The highest BCUT2D eigenvalue weighted by atomic mass is 35.5. The van der Waals surface area contributed by atoms with Gasteiger partial charge in [-0.1, -0.05) is 23.7 Å². The first-order valence-corrected chi connectivity index (χ1v) is 7.31. The van der Waals surface area contributed by atoms with Crippen LogP contribution in [-0.2, 0) is 12.3 Å². The Balaban J connectivity index is 2.04. The zero-order chi connectivity index (χ0) is 14.5. The molecule has 0 aliphatic rings. The number of hydrogen-bond donors (Lipinski definition) is 1. The van der Waals surface area contributed by atoms with Crippen molar-refractivity contribution in [1.29, 1.82) is 0 Å². The Morgan fingerprint density at radius 1 is 1.20 bits per heavy atom. The summed E-state index contributed by atoms with van der Waals surface area (Å²) in [5, 5.41) is 11.1. The molecular formula is C14H13ClN2O2S. The van der Waals surface area contributed by atoms with Gasteiger partial charge < -0.3 is 5.73 Å². The van der Waals surface area contributed by atoms with Crippen molar-refractivity contribution in [3.05, 3.63) is 68.7 Å². The maximum absolute atomic E-state index is 10.6. The molecule has 0 bridgehead atoms. The number of rotatable bonds is 5. The van der Waals surface area contributed by atoms with E-state index >= 15 is 0 Å². The van der Waals surface area contributed by atoms with Gasteiger partial charge in [-0.25, -0.2) is 0 Å². The van der Waals surface area contributed by atoms with E-state index in [0.717, 1.165) is 16.0 Å². The number of benzene rings is 2. The van der Waals surface area contributed by atoms with Crippen molar-refractivity contribution in [1.82, 2.24) is 0 Å². The van der Waals surface area contributed by atoms with Crippen molar-refractivity contribution >= 4 is 29.1 Å². The van der Waals surface area contributed by atoms with E-state index in [9.17, 15) is 10.1 Å². The number of nitro groups is 1. The van der Waals surface area contributed by atoms with E-state index in [1.165, 1.54) is 12.1 Å². The van der Waals surface area contributed by atoms with E-state index in [4.69, 9.17) is 17.3 Å². The van der Waals surface area contributed by atoms with Crippen molar-refractivity contribution in [2.75, 3.05) is 0 Å². The van der Waals surface area contributed by atoms with Crippen molar-refractivity contribution < 1.29 is 4.92 Å². The minimum atomic E-state index is -0.450. The van der Waals surface area contributed by atoms with Crippen LogP contribution in [0.4, 0.5) is 5.69 Å². The summed E-state index contributed by atoms with van der Waals surface area (Å²) >= 11 is 7.68. The maximum Gasteiger partial charge on any atom is 0.270 e. The smallest absolute Gasteiger partial charge is 0.270 e. The Morgan fingerprint density at radius 2 is 1.90 bits per heavy atom. The molecule has 0 aromatic heterocycles. The van der Waals surface area contributed by atoms with Crippen LogP contribution < -0.4 is 5.73 Å². The normalized spacial score (nSPS) is 10.5. The third-order valence-corrected chi connectivity index (χ3v) is 4.21. The van der Waals surface area contributed by atoms with E-state index in [1.54, 1.807) is 17.8 Å². The zero-order valence-electron chi connectivity index (χ0n) is 10.6. The second kappa shape index (κ2) is 6.74. The van der Waals surface area contributed by atoms with E-state index in [-0.39, 0.29) is 5.69 Å². The van der Waals surface area contributed by atoms with Crippen molar-refractivity contribution in [3.63, 3.8) is 0 Å². The summed E-state index contributed by atoms with van der Waals surface area (Å²) in [6, 6.07) is 12.5. The SMILES string of the molecule is NCc1ccc(SCc2ccc([N+](=O)[O-])cc2Cl)cc1. The molecule has 0 heterocycles. The summed E-state index contributed by atoms with van der Waals surface area (Å²) in [4.78, 5) is 11.3. The second-order valence-corrected chi connectivity index (χ2v) is 5.63. The average Bonchev–Trinajstić information content (AvgIpc) is 2.46. The molecule has 0 fully saturated rings. The number of thioether (sulfide) groups is 1. The van der Waals surface area contributed by atoms with E-state index < -0.39 is 4.92 Å². The highest BCUT2D eigenvalue weighted by molar-refractivity contribution is 7.98. The van der Waals surface area contributed by atoms with E-state index in [2.05, 4.69) is 0 Å². The number of nitrogens with zero attached hydrogens (tertiary/aromatic N) is 1. The summed E-state index contributed by atoms with van der Waals surface area (Å²) in [6.07, 6.45) is 0. The second-order valence-electron chi connectivity index (χ2n) is 4.17. The number of nitro benzene ring substituents is 1. The van der Waals surface area contributed by atoms with Crippen LogP contribution in [0.3, 0.4) is 0 Å². The van der Waals surface area contributed by atoms with Crippen LogP contribution in [0.2, 0.25) is 5.02 Å². The minimum Gasteiger partial charge on any atom is -0.326 e. The predicted molar refractivity (Wildman–Crippen MR) is 82.0 cm³/mol. The first-order chi connectivity index (χ1) is 9.60. The fourth-order valence-electron chi connectivity index (χ4n) is 1.65. The van der Waals surface area contributed by atoms with Crippen LogP contribution >= 0.6 is 23.4 Å². The molecule has 0 saturated carbocycles. The van der Waals surface area contributed by atoms with Crippen LogP contribution in [0.25, 0.3) is 0 Å². The Kier molecular flexibility index (Phi) is 5.00. The Hall–Kier alpha value is -1.56. The molecule has 0 amide bonds. The fourth-order valence-corrected chi connectivity index (χ4v) is 2.87. The van der Waals surface area contributed by atoms with Crippen LogP contribution in [0.5, 0.6) is 0 Å². The molecule has 0 aliphatic carbocycles. The monoisotopic (exact) mass is 308 g/mol. The van der Waals surface area contributed by atoms with Gasteiger partial charge in [0.25, 0.3) is 5.69 Å².